The molecule has 0 aromatic heterocycles. The van der Waals surface area contributed by atoms with Gasteiger partial charge in [0.25, 0.3) is 5.91 Å². The van der Waals surface area contributed by atoms with Gasteiger partial charge in [-0.3, -0.25) is 9.59 Å². The van der Waals surface area contributed by atoms with Gasteiger partial charge in [0.2, 0.25) is 5.91 Å². The minimum atomic E-state index is -0.0888. The molecular formula is C22H24N2O3. The number of hydrogen-bond donors (Lipinski definition) is 0. The summed E-state index contributed by atoms with van der Waals surface area (Å²) in [7, 11) is 0. The van der Waals surface area contributed by atoms with Crippen LogP contribution in [-0.4, -0.2) is 43.0 Å². The number of amides is 2. The Morgan fingerprint density at radius 1 is 0.963 bits per heavy atom. The second kappa shape index (κ2) is 7.92. The smallest absolute Gasteiger partial charge is 0.254 e. The zero-order valence-electron chi connectivity index (χ0n) is 15.3. The van der Waals surface area contributed by atoms with Crippen molar-refractivity contribution in [1.82, 2.24) is 4.90 Å². The fourth-order valence-electron chi connectivity index (χ4n) is 3.75. The highest BCUT2D eigenvalue weighted by Crippen LogP contribution is 2.25. The number of ether oxygens (including phenoxy) is 1. The molecule has 5 heteroatoms. The molecule has 2 heterocycles. The van der Waals surface area contributed by atoms with Crippen molar-refractivity contribution in [3.63, 3.8) is 0 Å². The Morgan fingerprint density at radius 3 is 2.48 bits per heavy atom. The van der Waals surface area contributed by atoms with Gasteiger partial charge >= 0.3 is 0 Å². The van der Waals surface area contributed by atoms with Gasteiger partial charge in [0.15, 0.2) is 0 Å². The molecule has 2 aromatic carbocycles. The number of carbonyl (C=O) groups excluding carboxylic acids is 2. The molecule has 4 rings (SSSR count). The molecule has 2 aromatic rings. The monoisotopic (exact) mass is 364 g/mol. The molecule has 2 amide bonds. The maximum atomic E-state index is 12.9. The molecule has 2 fully saturated rings. The van der Waals surface area contributed by atoms with E-state index in [1.54, 1.807) is 0 Å². The molecule has 0 radical (unpaired) electrons. The van der Waals surface area contributed by atoms with Crippen LogP contribution in [0.15, 0.2) is 54.6 Å². The zero-order chi connectivity index (χ0) is 18.6. The van der Waals surface area contributed by atoms with Gasteiger partial charge in [-0.05, 0) is 42.7 Å². The average Bonchev–Trinajstić information content (AvgIpc) is 2.74. The fourth-order valence-corrected chi connectivity index (χ4v) is 3.75. The Hall–Kier alpha value is -2.66. The highest BCUT2D eigenvalue weighted by atomic mass is 16.5. The molecule has 0 aliphatic carbocycles. The second-order valence-electron chi connectivity index (χ2n) is 7.07. The van der Waals surface area contributed by atoms with Crippen molar-refractivity contribution in [3.8, 4) is 0 Å². The van der Waals surface area contributed by atoms with Crippen molar-refractivity contribution < 1.29 is 14.3 Å². The number of rotatable bonds is 3. The Bertz CT molecular complexity index is 804. The van der Waals surface area contributed by atoms with Gasteiger partial charge in [0, 0.05) is 30.8 Å². The van der Waals surface area contributed by atoms with E-state index in [9.17, 15) is 9.59 Å². The Morgan fingerprint density at radius 2 is 1.74 bits per heavy atom. The molecule has 0 saturated carbocycles. The van der Waals surface area contributed by atoms with Crippen LogP contribution < -0.4 is 4.90 Å². The van der Waals surface area contributed by atoms with E-state index in [0.29, 0.717) is 31.7 Å². The van der Waals surface area contributed by atoms with E-state index in [2.05, 4.69) is 0 Å². The minimum Gasteiger partial charge on any atom is -0.370 e. The molecule has 1 atom stereocenters. The Kier molecular flexibility index (Phi) is 5.21. The summed E-state index contributed by atoms with van der Waals surface area (Å²) in [6, 6.07) is 17.4. The van der Waals surface area contributed by atoms with Crippen molar-refractivity contribution in [2.45, 2.75) is 25.4 Å². The van der Waals surface area contributed by atoms with Crippen molar-refractivity contribution in [1.29, 1.82) is 0 Å². The third kappa shape index (κ3) is 3.88. The van der Waals surface area contributed by atoms with Crippen molar-refractivity contribution in [2.24, 2.45) is 0 Å². The first-order valence-corrected chi connectivity index (χ1v) is 9.58. The van der Waals surface area contributed by atoms with Crippen LogP contribution in [0.3, 0.4) is 0 Å². The maximum absolute atomic E-state index is 12.9. The fraction of sp³-hybridized carbons (Fsp3) is 0.364. The Balaban J connectivity index is 1.45. The summed E-state index contributed by atoms with van der Waals surface area (Å²) >= 11 is 0. The number of piperidine rings is 1. The first-order chi connectivity index (χ1) is 13.2. The molecule has 2 aliphatic heterocycles. The molecule has 1 unspecified atom stereocenters. The summed E-state index contributed by atoms with van der Waals surface area (Å²) in [6.45, 7) is 2.43. The molecule has 5 nitrogen and oxygen atoms in total. The lowest BCUT2D eigenvalue weighted by molar-refractivity contribution is -0.119. The summed E-state index contributed by atoms with van der Waals surface area (Å²) in [5.41, 5.74) is 2.62. The number of benzene rings is 2. The number of carbonyl (C=O) groups is 2. The first kappa shape index (κ1) is 17.7. The van der Waals surface area contributed by atoms with Gasteiger partial charge in [-0.2, -0.15) is 0 Å². The standard InChI is InChI=1S/C22H24N2O3/c25-21-8-4-5-13-24(21)19-11-9-18(10-12-19)22(26)23-14-15-27-20(16-23)17-6-2-1-3-7-17/h1-3,6-7,9-12,20H,4-5,8,13-16H2. The molecule has 27 heavy (non-hydrogen) atoms. The second-order valence-corrected chi connectivity index (χ2v) is 7.07. The lowest BCUT2D eigenvalue weighted by atomic mass is 10.1. The topological polar surface area (TPSA) is 49.9 Å². The van der Waals surface area contributed by atoms with Crippen molar-refractivity contribution in [3.05, 3.63) is 65.7 Å². The van der Waals surface area contributed by atoms with Crippen LogP contribution in [0.5, 0.6) is 0 Å². The molecule has 140 valence electrons. The number of morpholine rings is 1. The average molecular weight is 364 g/mol. The molecule has 0 N–H and O–H groups in total. The van der Waals surface area contributed by atoms with Crippen LogP contribution in [0.1, 0.15) is 41.3 Å². The van der Waals surface area contributed by atoms with Crippen LogP contribution >= 0.6 is 0 Å². The predicted molar refractivity (Wildman–Crippen MR) is 104 cm³/mol. The third-order valence-corrected chi connectivity index (χ3v) is 5.27. The van der Waals surface area contributed by atoms with Gasteiger partial charge in [-0.25, -0.2) is 0 Å². The summed E-state index contributed by atoms with van der Waals surface area (Å²) in [5, 5.41) is 0. The quantitative estimate of drug-likeness (QED) is 0.839. The van der Waals surface area contributed by atoms with Crippen LogP contribution in [-0.2, 0) is 9.53 Å². The van der Waals surface area contributed by atoms with E-state index in [4.69, 9.17) is 4.74 Å². The third-order valence-electron chi connectivity index (χ3n) is 5.27. The lowest BCUT2D eigenvalue weighted by Gasteiger charge is -2.33. The summed E-state index contributed by atoms with van der Waals surface area (Å²) < 4.78 is 5.85. The van der Waals surface area contributed by atoms with Crippen LogP contribution in [0.4, 0.5) is 5.69 Å². The van der Waals surface area contributed by atoms with Crippen molar-refractivity contribution >= 4 is 17.5 Å². The van der Waals surface area contributed by atoms with Crippen LogP contribution in [0.2, 0.25) is 0 Å². The molecule has 0 spiro atoms. The van der Waals surface area contributed by atoms with Gasteiger partial charge in [-0.15, -0.1) is 0 Å². The van der Waals surface area contributed by atoms with E-state index >= 15 is 0 Å². The molecule has 2 saturated heterocycles. The highest BCUT2D eigenvalue weighted by Gasteiger charge is 2.26. The van der Waals surface area contributed by atoms with E-state index in [-0.39, 0.29) is 17.9 Å². The molecule has 0 bridgehead atoms. The van der Waals surface area contributed by atoms with E-state index in [0.717, 1.165) is 30.6 Å². The lowest BCUT2D eigenvalue weighted by Crippen LogP contribution is -2.42. The highest BCUT2D eigenvalue weighted by molar-refractivity contribution is 5.97. The number of anilines is 1. The van der Waals surface area contributed by atoms with Gasteiger partial charge in [0.1, 0.15) is 6.10 Å². The van der Waals surface area contributed by atoms with Crippen LogP contribution in [0, 0.1) is 0 Å². The summed E-state index contributed by atoms with van der Waals surface area (Å²) in [4.78, 5) is 28.7. The summed E-state index contributed by atoms with van der Waals surface area (Å²) in [6.07, 6.45) is 2.51. The molecule has 2 aliphatic rings. The predicted octanol–water partition coefficient (Wildman–Crippen LogP) is 3.42. The zero-order valence-corrected chi connectivity index (χ0v) is 15.3. The van der Waals surface area contributed by atoms with Crippen LogP contribution in [0.25, 0.3) is 0 Å². The van der Waals surface area contributed by atoms with Gasteiger partial charge in [0.05, 0.1) is 13.2 Å². The number of nitrogens with zero attached hydrogens (tertiary/aromatic N) is 2. The normalized spacial score (nSPS) is 20.6. The van der Waals surface area contributed by atoms with E-state index < -0.39 is 0 Å². The molecular weight excluding hydrogens is 340 g/mol. The minimum absolute atomic E-state index is 0.00996. The van der Waals surface area contributed by atoms with E-state index in [1.165, 1.54) is 0 Å². The first-order valence-electron chi connectivity index (χ1n) is 9.58. The van der Waals surface area contributed by atoms with Crippen molar-refractivity contribution in [2.75, 3.05) is 31.1 Å². The number of hydrogen-bond acceptors (Lipinski definition) is 3. The van der Waals surface area contributed by atoms with E-state index in [1.807, 2.05) is 64.4 Å². The maximum Gasteiger partial charge on any atom is 0.254 e. The summed E-state index contributed by atoms with van der Waals surface area (Å²) in [5.74, 6) is 0.176. The SMILES string of the molecule is O=C(c1ccc(N2CCCCC2=O)cc1)N1CCOC(c2ccccc2)C1. The van der Waals surface area contributed by atoms with Gasteiger partial charge < -0.3 is 14.5 Å². The largest absolute Gasteiger partial charge is 0.370 e. The Labute approximate surface area is 159 Å². The van der Waals surface area contributed by atoms with Gasteiger partial charge in [-0.1, -0.05) is 30.3 Å².